The molecule has 71 valence electrons. The van der Waals surface area contributed by atoms with Crippen LogP contribution in [-0.2, 0) is 0 Å². The second-order valence-electron chi connectivity index (χ2n) is 3.59. The van der Waals surface area contributed by atoms with E-state index in [9.17, 15) is 0 Å². The molecule has 0 saturated heterocycles. The Hall–Kier alpha value is -0.780. The van der Waals surface area contributed by atoms with Gasteiger partial charge in [-0.25, -0.2) is 0 Å². The van der Waals surface area contributed by atoms with E-state index in [1.54, 1.807) is 0 Å². The summed E-state index contributed by atoms with van der Waals surface area (Å²) in [5, 5.41) is 0. The van der Waals surface area contributed by atoms with Crippen molar-refractivity contribution in [2.45, 2.75) is 39.5 Å². The van der Waals surface area contributed by atoms with E-state index in [0.29, 0.717) is 5.92 Å². The van der Waals surface area contributed by atoms with E-state index in [-0.39, 0.29) is 0 Å². The zero-order chi connectivity index (χ0) is 9.68. The average Bonchev–Trinajstić information content (AvgIpc) is 2.18. The number of hydrogen-bond acceptors (Lipinski definition) is 0. The van der Waals surface area contributed by atoms with Crippen molar-refractivity contribution in [3.63, 3.8) is 0 Å². The predicted molar refractivity (Wildman–Crippen MR) is 58.8 cm³/mol. The van der Waals surface area contributed by atoms with Gasteiger partial charge >= 0.3 is 0 Å². The first-order valence-corrected chi connectivity index (χ1v) is 5.21. The van der Waals surface area contributed by atoms with E-state index in [4.69, 9.17) is 0 Å². The largest absolute Gasteiger partial charge is 0.0648 e. The quantitative estimate of drug-likeness (QED) is 0.644. The first-order chi connectivity index (χ1) is 6.27. The Balaban J connectivity index is 2.69. The van der Waals surface area contributed by atoms with Gasteiger partial charge in [0.2, 0.25) is 0 Å². The van der Waals surface area contributed by atoms with Gasteiger partial charge in [0.25, 0.3) is 0 Å². The molecule has 1 radical (unpaired) electrons. The van der Waals surface area contributed by atoms with Crippen molar-refractivity contribution >= 4 is 0 Å². The zero-order valence-corrected chi connectivity index (χ0v) is 8.88. The highest BCUT2D eigenvalue weighted by Gasteiger charge is 2.01. The number of benzene rings is 1. The summed E-state index contributed by atoms with van der Waals surface area (Å²) in [6, 6.07) is 8.92. The second kappa shape index (κ2) is 5.06. The molecule has 0 nitrogen and oxygen atoms in total. The Morgan fingerprint density at radius 1 is 1.15 bits per heavy atom. The summed E-state index contributed by atoms with van der Waals surface area (Å²) in [7, 11) is 0. The van der Waals surface area contributed by atoms with E-state index >= 15 is 0 Å². The van der Waals surface area contributed by atoms with Gasteiger partial charge < -0.3 is 0 Å². The smallest absolute Gasteiger partial charge is 0.00958 e. The third-order valence-corrected chi connectivity index (χ3v) is 2.56. The van der Waals surface area contributed by atoms with Crippen LogP contribution in [0.2, 0.25) is 0 Å². The molecule has 0 aliphatic carbocycles. The molecular weight excluding hydrogens is 156 g/mol. The van der Waals surface area contributed by atoms with Crippen molar-refractivity contribution in [3.8, 4) is 0 Å². The van der Waals surface area contributed by atoms with Crippen molar-refractivity contribution in [3.05, 3.63) is 41.8 Å². The standard InChI is InChI=1S/C13H19/c1-4-6-12-7-9-13(10-8-12)11(3)5-2/h6-11H,4-5H2,1-3H3. The summed E-state index contributed by atoms with van der Waals surface area (Å²) in [6.07, 6.45) is 4.58. The Morgan fingerprint density at radius 2 is 1.77 bits per heavy atom. The summed E-state index contributed by atoms with van der Waals surface area (Å²) < 4.78 is 0. The maximum absolute atomic E-state index is 2.28. The number of hydrogen-bond donors (Lipinski definition) is 0. The molecule has 0 heterocycles. The van der Waals surface area contributed by atoms with Crippen LogP contribution in [0.25, 0.3) is 0 Å². The van der Waals surface area contributed by atoms with E-state index < -0.39 is 0 Å². The van der Waals surface area contributed by atoms with Crippen molar-refractivity contribution < 1.29 is 0 Å². The van der Waals surface area contributed by atoms with Crippen LogP contribution >= 0.6 is 0 Å². The van der Waals surface area contributed by atoms with Crippen molar-refractivity contribution in [1.29, 1.82) is 0 Å². The van der Waals surface area contributed by atoms with Crippen LogP contribution in [0.5, 0.6) is 0 Å². The summed E-state index contributed by atoms with van der Waals surface area (Å²) in [4.78, 5) is 0. The summed E-state index contributed by atoms with van der Waals surface area (Å²) in [6.45, 7) is 6.68. The normalized spacial score (nSPS) is 12.8. The summed E-state index contributed by atoms with van der Waals surface area (Å²) in [5.74, 6) is 0.690. The highest BCUT2D eigenvalue weighted by Crippen LogP contribution is 2.19. The zero-order valence-electron chi connectivity index (χ0n) is 8.88. The molecule has 1 aromatic rings. The van der Waals surface area contributed by atoms with Gasteiger partial charge in [-0.3, -0.25) is 0 Å². The van der Waals surface area contributed by atoms with Gasteiger partial charge in [0.1, 0.15) is 0 Å². The SMILES string of the molecule is CC[CH]c1ccc(C(C)CC)cc1. The molecule has 1 aromatic carbocycles. The van der Waals surface area contributed by atoms with Gasteiger partial charge in [-0.2, -0.15) is 0 Å². The topological polar surface area (TPSA) is 0 Å². The maximum Gasteiger partial charge on any atom is -0.00958 e. The molecule has 13 heavy (non-hydrogen) atoms. The summed E-state index contributed by atoms with van der Waals surface area (Å²) >= 11 is 0. The van der Waals surface area contributed by atoms with Gasteiger partial charge in [-0.1, -0.05) is 45.0 Å². The molecule has 0 spiro atoms. The second-order valence-corrected chi connectivity index (χ2v) is 3.59. The van der Waals surface area contributed by atoms with E-state index in [2.05, 4.69) is 51.5 Å². The van der Waals surface area contributed by atoms with Crippen LogP contribution in [-0.4, -0.2) is 0 Å². The lowest BCUT2D eigenvalue weighted by Crippen LogP contribution is -1.91. The fourth-order valence-electron chi connectivity index (χ4n) is 1.43. The fraction of sp³-hybridized carbons (Fsp3) is 0.462. The third kappa shape index (κ3) is 2.87. The lowest BCUT2D eigenvalue weighted by Gasteiger charge is -2.09. The van der Waals surface area contributed by atoms with Gasteiger partial charge in [-0.15, -0.1) is 0 Å². The molecule has 0 saturated carbocycles. The fourth-order valence-corrected chi connectivity index (χ4v) is 1.43. The first kappa shape index (κ1) is 10.3. The van der Waals surface area contributed by atoms with Crippen LogP contribution in [0.1, 0.15) is 50.7 Å². The van der Waals surface area contributed by atoms with Crippen LogP contribution in [0.4, 0.5) is 0 Å². The molecule has 1 unspecified atom stereocenters. The monoisotopic (exact) mass is 175 g/mol. The van der Waals surface area contributed by atoms with E-state index in [1.165, 1.54) is 17.5 Å². The maximum atomic E-state index is 2.28. The van der Waals surface area contributed by atoms with Crippen molar-refractivity contribution in [2.24, 2.45) is 0 Å². The van der Waals surface area contributed by atoms with Crippen LogP contribution in [0.3, 0.4) is 0 Å². The van der Waals surface area contributed by atoms with Gasteiger partial charge in [-0.05, 0) is 36.3 Å². The molecule has 0 heteroatoms. The Morgan fingerprint density at radius 3 is 2.23 bits per heavy atom. The van der Waals surface area contributed by atoms with Crippen LogP contribution in [0.15, 0.2) is 24.3 Å². The van der Waals surface area contributed by atoms with Gasteiger partial charge in [0.15, 0.2) is 0 Å². The van der Waals surface area contributed by atoms with E-state index in [0.717, 1.165) is 6.42 Å². The Kier molecular flexibility index (Phi) is 4.01. The lowest BCUT2D eigenvalue weighted by atomic mass is 9.97. The average molecular weight is 175 g/mol. The summed E-state index contributed by atoms with van der Waals surface area (Å²) in [5.41, 5.74) is 2.80. The molecular formula is C13H19. The molecule has 0 amide bonds. The Labute approximate surface area is 82.0 Å². The molecule has 0 aliphatic rings. The molecule has 0 bridgehead atoms. The van der Waals surface area contributed by atoms with E-state index in [1.807, 2.05) is 0 Å². The Bertz CT molecular complexity index is 233. The molecule has 0 fully saturated rings. The highest BCUT2D eigenvalue weighted by molar-refractivity contribution is 5.29. The minimum atomic E-state index is 0.690. The number of rotatable bonds is 4. The lowest BCUT2D eigenvalue weighted by molar-refractivity contribution is 0.733. The minimum absolute atomic E-state index is 0.690. The highest BCUT2D eigenvalue weighted by atomic mass is 14.1. The van der Waals surface area contributed by atoms with Crippen molar-refractivity contribution in [2.75, 3.05) is 0 Å². The molecule has 1 atom stereocenters. The molecule has 1 rings (SSSR count). The van der Waals surface area contributed by atoms with Gasteiger partial charge in [0, 0.05) is 0 Å². The third-order valence-electron chi connectivity index (χ3n) is 2.56. The molecule has 0 aliphatic heterocycles. The van der Waals surface area contributed by atoms with Gasteiger partial charge in [0.05, 0.1) is 0 Å². The van der Waals surface area contributed by atoms with Crippen molar-refractivity contribution in [1.82, 2.24) is 0 Å². The molecule has 0 N–H and O–H groups in total. The van der Waals surface area contributed by atoms with Crippen LogP contribution in [0, 0.1) is 6.42 Å². The van der Waals surface area contributed by atoms with Crippen LogP contribution < -0.4 is 0 Å². The minimum Gasteiger partial charge on any atom is -0.0648 e. The predicted octanol–water partition coefficient (Wildman–Crippen LogP) is 4.16. The molecule has 0 aromatic heterocycles. The first-order valence-electron chi connectivity index (χ1n) is 5.21.